The van der Waals surface area contributed by atoms with E-state index in [1.165, 1.54) is 34.6 Å². The predicted molar refractivity (Wildman–Crippen MR) is 209 cm³/mol. The van der Waals surface area contributed by atoms with Crippen LogP contribution in [0.4, 0.5) is 0 Å². The van der Waals surface area contributed by atoms with Crippen molar-refractivity contribution in [3.8, 4) is 0 Å². The molecule has 0 aliphatic carbocycles. The molecule has 29 nitrogen and oxygen atoms in total. The van der Waals surface area contributed by atoms with Crippen LogP contribution in [0.25, 0.3) is 0 Å². The lowest BCUT2D eigenvalue weighted by molar-refractivity contribution is -0.136. The van der Waals surface area contributed by atoms with Crippen LogP contribution in [-0.2, 0) is 66.1 Å². The zero-order valence-electron chi connectivity index (χ0n) is 34.8. The quantitative estimate of drug-likeness (QED) is 0.0358. The average Bonchev–Trinajstić information content (AvgIpc) is 3.15. The largest absolute Gasteiger partial charge is 0.469 e. The van der Waals surface area contributed by atoms with Gasteiger partial charge in [0.05, 0.1) is 31.9 Å². The maximum atomic E-state index is 13.1. The summed E-state index contributed by atoms with van der Waals surface area (Å²) in [6, 6.07) is -14.6. The van der Waals surface area contributed by atoms with Crippen LogP contribution in [0.2, 0.25) is 0 Å². The molecule has 31 heteroatoms. The first-order chi connectivity index (χ1) is 28.3. The van der Waals surface area contributed by atoms with E-state index in [4.69, 9.17) is 15.5 Å². The van der Waals surface area contributed by atoms with Gasteiger partial charge >= 0.3 is 15.6 Å². The van der Waals surface area contributed by atoms with Gasteiger partial charge in [0.15, 0.2) is 5.78 Å². The topological polar surface area (TPSA) is 459 Å². The Balaban J connectivity index is 5.71. The summed E-state index contributed by atoms with van der Waals surface area (Å²) in [5.74, 6) is -9.84. The number of aliphatic hydroxyl groups excluding tert-OH is 1. The van der Waals surface area contributed by atoms with E-state index < -0.39 is 155 Å². The van der Waals surface area contributed by atoms with Gasteiger partial charge < -0.3 is 78.3 Å². The number of ketones is 1. The fourth-order valence-corrected chi connectivity index (χ4v) is 4.87. The first kappa shape index (κ1) is 57.0. The van der Waals surface area contributed by atoms with Gasteiger partial charge in [0.25, 0.3) is 0 Å². The van der Waals surface area contributed by atoms with E-state index in [1.807, 2.05) is 0 Å². The third kappa shape index (κ3) is 22.2. The Morgan fingerprint density at radius 1 is 0.435 bits per heavy atom. The summed E-state index contributed by atoms with van der Waals surface area (Å²) in [5, 5.41) is 29.0. The Morgan fingerprint density at radius 2 is 0.677 bits per heavy atom. The van der Waals surface area contributed by atoms with Gasteiger partial charge in [0.2, 0.25) is 53.2 Å². The summed E-state index contributed by atoms with van der Waals surface area (Å²) in [6.45, 7) is 6.36. The fourth-order valence-electron chi connectivity index (χ4n) is 4.19. The fraction of sp³-hybridized carbons (Fsp3) is 0.677. The molecule has 354 valence electrons. The molecule has 0 aromatic carbocycles. The molecule has 16 N–H and O–H groups in total. The third-order valence-corrected chi connectivity index (χ3v) is 9.01. The Hall–Kier alpha value is -4.96. The number of phosphoric ester groups is 2. The summed E-state index contributed by atoms with van der Waals surface area (Å²) in [7, 11) is -10.5. The van der Waals surface area contributed by atoms with Crippen LogP contribution < -0.4 is 53.6 Å². The zero-order chi connectivity index (χ0) is 48.4. The van der Waals surface area contributed by atoms with Crippen molar-refractivity contribution in [2.75, 3.05) is 19.8 Å². The summed E-state index contributed by atoms with van der Waals surface area (Å²) < 4.78 is 31.4. The molecule has 62 heavy (non-hydrogen) atoms. The number of Topliss-reactive ketones (excluding diaryl/α,β-unsaturated/α-hetero) is 1. The minimum Gasteiger partial charge on any atom is -0.394 e. The Labute approximate surface area is 354 Å². The molecular weight excluding hydrogens is 878 g/mol. The van der Waals surface area contributed by atoms with Crippen LogP contribution in [-0.4, -0.2) is 164 Å². The number of rotatable bonds is 26. The van der Waals surface area contributed by atoms with Crippen molar-refractivity contribution >= 4 is 74.6 Å². The minimum atomic E-state index is -5.27. The van der Waals surface area contributed by atoms with Gasteiger partial charge in [-0.3, -0.25) is 57.0 Å². The second-order valence-corrected chi connectivity index (χ2v) is 16.2. The van der Waals surface area contributed by atoms with E-state index in [0.29, 0.717) is 0 Å². The van der Waals surface area contributed by atoms with Crippen LogP contribution >= 0.6 is 15.6 Å². The number of hydrogen-bond acceptors (Lipinski definition) is 16. The first-order valence-electron chi connectivity index (χ1n) is 18.3. The second kappa shape index (κ2) is 25.8. The normalized spacial score (nSPS) is 16.4. The van der Waals surface area contributed by atoms with Gasteiger partial charge in [0.1, 0.15) is 48.3 Å². The maximum absolute atomic E-state index is 13.1. The molecule has 9 amide bonds. The molecule has 0 unspecified atom stereocenters. The molecule has 0 aromatic rings. The standard InChI is InChI=1S/C31H56N10O19P2/c1-12(32)23(44)34-16(5)27(48)40-21(10-59-61(53,54)55)30(51)38-15(4)25(46)36-18(7)28(49)41-22(11-60-62(56,57)58)31(52)37-14(3)24(45)35-17(6)26(47)39-20(9-42)29(50)33-13(2)19(8)43/h12-18,20-22,42H,9-11,32H2,1-8H3,(H,33,50)(H,34,44)(H,35,45)(H,36,46)(H,37,52)(H,38,51)(H,39,47)(H,40,48)(H,41,49)(H2,53,54,55)(H2,56,57,58)/t12-,13-,14-,15-,16-,17-,18-,20-,21-,22-/m0/s1. The lowest BCUT2D eigenvalue weighted by atomic mass is 10.2. The lowest BCUT2D eigenvalue weighted by Gasteiger charge is -2.25. The molecule has 0 aromatic heterocycles. The summed E-state index contributed by atoms with van der Waals surface area (Å²) in [4.78, 5) is 162. The van der Waals surface area contributed by atoms with Crippen molar-refractivity contribution < 1.29 is 90.8 Å². The van der Waals surface area contributed by atoms with Gasteiger partial charge in [-0.25, -0.2) is 9.13 Å². The molecule has 0 aliphatic rings. The molecule has 10 atom stereocenters. The van der Waals surface area contributed by atoms with E-state index in [9.17, 15) is 72.0 Å². The van der Waals surface area contributed by atoms with Crippen molar-refractivity contribution in [1.82, 2.24) is 47.9 Å². The number of aliphatic hydroxyl groups is 1. The average molecular weight is 935 g/mol. The minimum absolute atomic E-state index is 0.406. The first-order valence-corrected chi connectivity index (χ1v) is 21.4. The number of nitrogens with one attached hydrogen (secondary N) is 9. The molecule has 0 saturated heterocycles. The Kier molecular flexibility index (Phi) is 23.8. The molecule has 0 spiro atoms. The highest BCUT2D eigenvalue weighted by Crippen LogP contribution is 2.36. The van der Waals surface area contributed by atoms with Crippen LogP contribution in [0, 0.1) is 0 Å². The summed E-state index contributed by atoms with van der Waals surface area (Å²) in [6.07, 6.45) is 0. The lowest BCUT2D eigenvalue weighted by Crippen LogP contribution is -2.60. The molecule has 0 fully saturated rings. The highest BCUT2D eigenvalue weighted by atomic mass is 31.2. The van der Waals surface area contributed by atoms with Crippen LogP contribution in [0.1, 0.15) is 55.4 Å². The molecule has 0 aliphatic heterocycles. The number of hydrogen-bond donors (Lipinski definition) is 15. The van der Waals surface area contributed by atoms with Crippen molar-refractivity contribution in [3.63, 3.8) is 0 Å². The number of carbonyl (C=O) groups excluding carboxylic acids is 10. The highest BCUT2D eigenvalue weighted by molar-refractivity contribution is 7.46. The SMILES string of the molecule is CC(=O)[C@H](C)NC(=O)[C@H](CO)NC(=O)[C@H](C)NC(=O)[C@H](C)NC(=O)[C@H](COP(=O)(O)O)NC(=O)[C@H](C)NC(=O)[C@H](C)NC(=O)[C@H](COP(=O)(O)O)NC(=O)[C@H](C)NC(=O)[C@H](C)N. The van der Waals surface area contributed by atoms with Gasteiger partial charge in [-0.15, -0.1) is 0 Å². The molecule has 0 bridgehead atoms. The van der Waals surface area contributed by atoms with E-state index >= 15 is 0 Å². The molecule has 0 saturated carbocycles. The van der Waals surface area contributed by atoms with E-state index in [1.54, 1.807) is 0 Å². The molecule has 0 rings (SSSR count). The van der Waals surface area contributed by atoms with Crippen LogP contribution in [0.3, 0.4) is 0 Å². The highest BCUT2D eigenvalue weighted by Gasteiger charge is 2.33. The molecule has 0 radical (unpaired) electrons. The van der Waals surface area contributed by atoms with Crippen molar-refractivity contribution in [2.24, 2.45) is 5.73 Å². The van der Waals surface area contributed by atoms with Crippen LogP contribution in [0.5, 0.6) is 0 Å². The smallest absolute Gasteiger partial charge is 0.394 e. The second-order valence-electron chi connectivity index (χ2n) is 13.7. The number of amides is 9. The third-order valence-electron chi connectivity index (χ3n) is 8.04. The maximum Gasteiger partial charge on any atom is 0.469 e. The van der Waals surface area contributed by atoms with E-state index in [-0.39, 0.29) is 0 Å². The summed E-state index contributed by atoms with van der Waals surface area (Å²) in [5.41, 5.74) is 5.44. The Bertz CT molecular complexity index is 1760. The van der Waals surface area contributed by atoms with Gasteiger partial charge in [-0.2, -0.15) is 0 Å². The predicted octanol–water partition coefficient (Wildman–Crippen LogP) is -7.38. The van der Waals surface area contributed by atoms with E-state index in [2.05, 4.69) is 56.9 Å². The van der Waals surface area contributed by atoms with Gasteiger partial charge in [-0.1, -0.05) is 0 Å². The molecule has 0 heterocycles. The van der Waals surface area contributed by atoms with Crippen molar-refractivity contribution in [2.45, 2.75) is 116 Å². The number of phosphoric acid groups is 2. The zero-order valence-corrected chi connectivity index (χ0v) is 36.6. The van der Waals surface area contributed by atoms with Crippen LogP contribution in [0.15, 0.2) is 0 Å². The van der Waals surface area contributed by atoms with Gasteiger partial charge in [0, 0.05) is 0 Å². The van der Waals surface area contributed by atoms with E-state index in [0.717, 1.165) is 20.8 Å². The van der Waals surface area contributed by atoms with Gasteiger partial charge in [-0.05, 0) is 55.4 Å². The van der Waals surface area contributed by atoms with Crippen molar-refractivity contribution in [3.05, 3.63) is 0 Å². The van der Waals surface area contributed by atoms with Crippen molar-refractivity contribution in [1.29, 1.82) is 0 Å². The molecular formula is C31H56N10O19P2. The number of carbonyl (C=O) groups is 10. The number of nitrogens with two attached hydrogens (primary N) is 1. The summed E-state index contributed by atoms with van der Waals surface area (Å²) >= 11 is 0. The monoisotopic (exact) mass is 934 g/mol. The Morgan fingerprint density at radius 3 is 0.952 bits per heavy atom.